The second-order valence-corrected chi connectivity index (χ2v) is 6.41. The quantitative estimate of drug-likeness (QED) is 0.724. The summed E-state index contributed by atoms with van der Waals surface area (Å²) in [5, 5.41) is 0. The molecule has 1 aliphatic rings. The molecule has 0 fully saturated rings. The predicted octanol–water partition coefficient (Wildman–Crippen LogP) is 4.02. The van der Waals surface area contributed by atoms with Gasteiger partial charge in [0.2, 0.25) is 0 Å². The molecule has 25 heavy (non-hydrogen) atoms. The molecule has 2 heterocycles. The number of aromatic nitrogens is 3. The van der Waals surface area contributed by atoms with Gasteiger partial charge in [-0.1, -0.05) is 18.2 Å². The zero-order valence-corrected chi connectivity index (χ0v) is 14.4. The highest BCUT2D eigenvalue weighted by atomic mass is 16.5. The Bertz CT molecular complexity index is 892. The van der Waals surface area contributed by atoms with Crippen molar-refractivity contribution in [1.82, 2.24) is 15.0 Å². The first-order chi connectivity index (χ1) is 12.3. The molecular weight excluding hydrogens is 310 g/mol. The van der Waals surface area contributed by atoms with Crippen molar-refractivity contribution in [1.29, 1.82) is 0 Å². The van der Waals surface area contributed by atoms with E-state index in [-0.39, 0.29) is 0 Å². The number of pyridine rings is 1. The number of rotatable bonds is 4. The number of nitrogens with zero attached hydrogens (tertiary/aromatic N) is 3. The fraction of sp³-hybridized carbons (Fsp3) is 0.286. The summed E-state index contributed by atoms with van der Waals surface area (Å²) in [5.41, 5.74) is 6.95. The van der Waals surface area contributed by atoms with Crippen LogP contribution in [0.5, 0.6) is 5.75 Å². The van der Waals surface area contributed by atoms with Crippen LogP contribution in [-0.2, 0) is 19.3 Å². The molecule has 2 aromatic heterocycles. The smallest absolute Gasteiger partial charge is 0.131 e. The molecule has 4 nitrogen and oxygen atoms in total. The Morgan fingerprint density at radius 1 is 0.960 bits per heavy atom. The van der Waals surface area contributed by atoms with E-state index in [0.29, 0.717) is 0 Å². The molecule has 0 saturated heterocycles. The third-order valence-electron chi connectivity index (χ3n) is 4.81. The fourth-order valence-electron chi connectivity index (χ4n) is 3.55. The molecule has 4 rings (SSSR count). The van der Waals surface area contributed by atoms with Gasteiger partial charge in [-0.15, -0.1) is 0 Å². The maximum absolute atomic E-state index is 5.47. The zero-order valence-electron chi connectivity index (χ0n) is 14.4. The normalized spacial score (nSPS) is 13.3. The standard InChI is InChI=1S/C21H21N3O/c1-25-20-8-9-22-14-18(20)21-19(23-10-11-24-21)13-15-6-7-16-4-2-3-5-17(16)12-15/h6-12,14H,2-5,13H2,1H3. The lowest BCUT2D eigenvalue weighted by Gasteiger charge is -2.17. The van der Waals surface area contributed by atoms with Gasteiger partial charge in [0.05, 0.1) is 24.1 Å². The Morgan fingerprint density at radius 2 is 1.80 bits per heavy atom. The number of methoxy groups -OCH3 is 1. The molecule has 1 aromatic carbocycles. The molecule has 0 radical (unpaired) electrons. The summed E-state index contributed by atoms with van der Waals surface area (Å²) in [4.78, 5) is 13.4. The minimum Gasteiger partial charge on any atom is -0.496 e. The average molecular weight is 331 g/mol. The lowest BCUT2D eigenvalue weighted by molar-refractivity contribution is 0.415. The molecular formula is C21H21N3O. The summed E-state index contributed by atoms with van der Waals surface area (Å²) in [5.74, 6) is 0.766. The Kier molecular flexibility index (Phi) is 4.42. The Hall–Kier alpha value is -2.75. The number of hydrogen-bond acceptors (Lipinski definition) is 4. The first kappa shape index (κ1) is 15.8. The van der Waals surface area contributed by atoms with E-state index < -0.39 is 0 Å². The van der Waals surface area contributed by atoms with Crippen molar-refractivity contribution < 1.29 is 4.74 Å². The van der Waals surface area contributed by atoms with E-state index in [0.717, 1.165) is 29.1 Å². The Morgan fingerprint density at radius 3 is 2.68 bits per heavy atom. The third-order valence-corrected chi connectivity index (χ3v) is 4.81. The summed E-state index contributed by atoms with van der Waals surface area (Å²) in [7, 11) is 1.67. The summed E-state index contributed by atoms with van der Waals surface area (Å²) in [6, 6.07) is 8.70. The molecule has 0 saturated carbocycles. The second-order valence-electron chi connectivity index (χ2n) is 6.41. The van der Waals surface area contributed by atoms with Crippen molar-refractivity contribution in [3.63, 3.8) is 0 Å². The van der Waals surface area contributed by atoms with Crippen molar-refractivity contribution >= 4 is 0 Å². The highest BCUT2D eigenvalue weighted by molar-refractivity contribution is 5.68. The molecule has 126 valence electrons. The van der Waals surface area contributed by atoms with Crippen molar-refractivity contribution in [2.75, 3.05) is 7.11 Å². The van der Waals surface area contributed by atoms with E-state index in [1.54, 1.807) is 31.9 Å². The number of ether oxygens (including phenoxy) is 1. The summed E-state index contributed by atoms with van der Waals surface area (Å²) in [6.45, 7) is 0. The van der Waals surface area contributed by atoms with Crippen LogP contribution in [0.1, 0.15) is 35.2 Å². The minimum absolute atomic E-state index is 0.758. The van der Waals surface area contributed by atoms with Gasteiger partial charge in [0.15, 0.2) is 0 Å². The predicted molar refractivity (Wildman–Crippen MR) is 97.7 cm³/mol. The lowest BCUT2D eigenvalue weighted by atomic mass is 9.89. The van der Waals surface area contributed by atoms with Crippen LogP contribution >= 0.6 is 0 Å². The number of aryl methyl sites for hydroxylation is 2. The van der Waals surface area contributed by atoms with Gasteiger partial charge >= 0.3 is 0 Å². The van der Waals surface area contributed by atoms with E-state index >= 15 is 0 Å². The summed E-state index contributed by atoms with van der Waals surface area (Å²) < 4.78 is 5.47. The van der Waals surface area contributed by atoms with Crippen LogP contribution in [-0.4, -0.2) is 22.1 Å². The van der Waals surface area contributed by atoms with Gasteiger partial charge in [-0.2, -0.15) is 0 Å². The zero-order chi connectivity index (χ0) is 17.1. The van der Waals surface area contributed by atoms with Crippen LogP contribution in [0, 0.1) is 0 Å². The SMILES string of the molecule is COc1ccncc1-c1nccnc1Cc1ccc2c(c1)CCCC2. The summed E-state index contributed by atoms with van der Waals surface area (Å²) in [6.07, 6.45) is 12.7. The van der Waals surface area contributed by atoms with Crippen molar-refractivity contribution in [2.45, 2.75) is 32.1 Å². The van der Waals surface area contributed by atoms with E-state index in [9.17, 15) is 0 Å². The van der Waals surface area contributed by atoms with Crippen molar-refractivity contribution in [3.05, 3.63) is 71.4 Å². The number of fused-ring (bicyclic) bond motifs is 1. The molecule has 0 amide bonds. The molecule has 0 bridgehead atoms. The lowest BCUT2D eigenvalue weighted by Crippen LogP contribution is -2.05. The number of benzene rings is 1. The van der Waals surface area contributed by atoms with E-state index in [1.165, 1.54) is 42.4 Å². The molecule has 0 unspecified atom stereocenters. The van der Waals surface area contributed by atoms with Crippen LogP contribution in [0.25, 0.3) is 11.3 Å². The Labute approximate surface area is 148 Å². The van der Waals surface area contributed by atoms with Gasteiger partial charge in [-0.25, -0.2) is 0 Å². The fourth-order valence-corrected chi connectivity index (χ4v) is 3.55. The highest BCUT2D eigenvalue weighted by Crippen LogP contribution is 2.30. The van der Waals surface area contributed by atoms with Crippen LogP contribution in [0.15, 0.2) is 49.1 Å². The largest absolute Gasteiger partial charge is 0.496 e. The maximum Gasteiger partial charge on any atom is 0.131 e. The molecule has 3 aromatic rings. The van der Waals surface area contributed by atoms with E-state index in [2.05, 4.69) is 33.2 Å². The molecule has 0 atom stereocenters. The second kappa shape index (κ2) is 7.01. The summed E-state index contributed by atoms with van der Waals surface area (Å²) >= 11 is 0. The molecule has 0 N–H and O–H groups in total. The maximum atomic E-state index is 5.47. The first-order valence-corrected chi connectivity index (χ1v) is 8.74. The van der Waals surface area contributed by atoms with E-state index in [1.807, 2.05) is 6.07 Å². The van der Waals surface area contributed by atoms with Crippen LogP contribution in [0.4, 0.5) is 0 Å². The van der Waals surface area contributed by atoms with Crippen LogP contribution < -0.4 is 4.74 Å². The third kappa shape index (κ3) is 3.25. The first-order valence-electron chi connectivity index (χ1n) is 8.74. The van der Waals surface area contributed by atoms with Gasteiger partial charge in [-0.05, 0) is 48.4 Å². The highest BCUT2D eigenvalue weighted by Gasteiger charge is 2.15. The molecule has 1 aliphatic carbocycles. The molecule has 4 heteroatoms. The Balaban J connectivity index is 1.70. The van der Waals surface area contributed by atoms with Gasteiger partial charge < -0.3 is 4.74 Å². The monoisotopic (exact) mass is 331 g/mol. The van der Waals surface area contributed by atoms with Crippen LogP contribution in [0.3, 0.4) is 0 Å². The molecule has 0 aliphatic heterocycles. The van der Waals surface area contributed by atoms with Gasteiger partial charge in [-0.3, -0.25) is 15.0 Å². The average Bonchev–Trinajstić information content (AvgIpc) is 2.68. The van der Waals surface area contributed by atoms with E-state index in [4.69, 9.17) is 4.74 Å². The van der Waals surface area contributed by atoms with Crippen molar-refractivity contribution in [3.8, 4) is 17.0 Å². The van der Waals surface area contributed by atoms with Gasteiger partial charge in [0.1, 0.15) is 5.75 Å². The van der Waals surface area contributed by atoms with Gasteiger partial charge in [0.25, 0.3) is 0 Å². The van der Waals surface area contributed by atoms with Crippen LogP contribution in [0.2, 0.25) is 0 Å². The van der Waals surface area contributed by atoms with Crippen molar-refractivity contribution in [2.24, 2.45) is 0 Å². The minimum atomic E-state index is 0.758. The topological polar surface area (TPSA) is 47.9 Å². The van der Waals surface area contributed by atoms with Gasteiger partial charge in [0, 0.05) is 31.2 Å². The molecule has 0 spiro atoms. The number of hydrogen-bond donors (Lipinski definition) is 0.